The van der Waals surface area contributed by atoms with Gasteiger partial charge in [-0.3, -0.25) is 9.59 Å². The van der Waals surface area contributed by atoms with E-state index in [2.05, 4.69) is 10.6 Å². The molecule has 0 unspecified atom stereocenters. The van der Waals surface area contributed by atoms with Gasteiger partial charge in [-0.05, 0) is 53.9 Å². The number of ether oxygens (including phenoxy) is 3. The van der Waals surface area contributed by atoms with Crippen molar-refractivity contribution in [2.24, 2.45) is 0 Å². The minimum Gasteiger partial charge on any atom is -0.493 e. The van der Waals surface area contributed by atoms with E-state index in [0.717, 1.165) is 11.1 Å². The average Bonchev–Trinajstić information content (AvgIpc) is 2.96. The minimum atomic E-state index is -0.362. The fourth-order valence-corrected chi connectivity index (χ4v) is 3.95. The van der Waals surface area contributed by atoms with E-state index in [1.165, 1.54) is 0 Å². The standard InChI is InChI=1S/C31H30N2O5/c1-36-28-17-16-22(20-29(28)37-2)18-19-32-30(34)24-12-6-8-14-26(24)33-31(35)25-13-7-9-15-27(25)38-21-23-10-4-3-5-11-23/h3-17,20H,18-19,21H2,1-2H3,(H,32,34)(H,33,35). The Morgan fingerprint density at radius 2 is 1.34 bits per heavy atom. The summed E-state index contributed by atoms with van der Waals surface area (Å²) in [6, 6.07) is 29.3. The molecule has 0 aliphatic carbocycles. The van der Waals surface area contributed by atoms with Crippen LogP contribution in [0.15, 0.2) is 97.1 Å². The van der Waals surface area contributed by atoms with E-state index in [4.69, 9.17) is 14.2 Å². The van der Waals surface area contributed by atoms with Gasteiger partial charge >= 0.3 is 0 Å². The van der Waals surface area contributed by atoms with Crippen LogP contribution < -0.4 is 24.8 Å². The first-order chi connectivity index (χ1) is 18.6. The Kier molecular flexibility index (Phi) is 8.97. The molecule has 194 valence electrons. The highest BCUT2D eigenvalue weighted by Crippen LogP contribution is 2.27. The van der Waals surface area contributed by atoms with Crippen LogP contribution in [-0.4, -0.2) is 32.6 Å². The van der Waals surface area contributed by atoms with Crippen LogP contribution in [0.25, 0.3) is 0 Å². The first kappa shape index (κ1) is 26.3. The lowest BCUT2D eigenvalue weighted by atomic mass is 10.1. The summed E-state index contributed by atoms with van der Waals surface area (Å²) in [6.07, 6.45) is 0.604. The second-order valence-corrected chi connectivity index (χ2v) is 8.47. The highest BCUT2D eigenvalue weighted by Gasteiger charge is 2.17. The van der Waals surface area contributed by atoms with Gasteiger partial charge in [0, 0.05) is 6.54 Å². The highest BCUT2D eigenvalue weighted by molar-refractivity contribution is 6.10. The van der Waals surface area contributed by atoms with Crippen molar-refractivity contribution >= 4 is 17.5 Å². The van der Waals surface area contributed by atoms with Crippen molar-refractivity contribution in [3.05, 3.63) is 119 Å². The molecule has 0 saturated heterocycles. The highest BCUT2D eigenvalue weighted by atomic mass is 16.5. The number of hydrogen-bond acceptors (Lipinski definition) is 5. The number of benzene rings is 4. The molecule has 0 aliphatic rings. The number of nitrogens with one attached hydrogen (secondary N) is 2. The summed E-state index contributed by atoms with van der Waals surface area (Å²) in [5.41, 5.74) is 3.16. The number of amides is 2. The van der Waals surface area contributed by atoms with Crippen molar-refractivity contribution in [3.63, 3.8) is 0 Å². The van der Waals surface area contributed by atoms with Crippen LogP contribution in [-0.2, 0) is 13.0 Å². The van der Waals surface area contributed by atoms with Gasteiger partial charge < -0.3 is 24.8 Å². The Hall–Kier alpha value is -4.78. The molecule has 7 heteroatoms. The fraction of sp³-hybridized carbons (Fsp3) is 0.161. The molecule has 0 bridgehead atoms. The van der Waals surface area contributed by atoms with E-state index in [1.54, 1.807) is 56.7 Å². The summed E-state index contributed by atoms with van der Waals surface area (Å²) in [6.45, 7) is 0.747. The summed E-state index contributed by atoms with van der Waals surface area (Å²) in [4.78, 5) is 26.2. The summed E-state index contributed by atoms with van der Waals surface area (Å²) in [5, 5.41) is 5.80. The molecule has 7 nitrogen and oxygen atoms in total. The summed E-state index contributed by atoms with van der Waals surface area (Å²) >= 11 is 0. The zero-order valence-electron chi connectivity index (χ0n) is 21.4. The van der Waals surface area contributed by atoms with Crippen molar-refractivity contribution < 1.29 is 23.8 Å². The van der Waals surface area contributed by atoms with E-state index < -0.39 is 0 Å². The van der Waals surface area contributed by atoms with Crippen molar-refractivity contribution in [2.45, 2.75) is 13.0 Å². The van der Waals surface area contributed by atoms with Gasteiger partial charge in [-0.1, -0.05) is 60.7 Å². The molecule has 4 aromatic rings. The lowest BCUT2D eigenvalue weighted by Crippen LogP contribution is -2.27. The average molecular weight is 511 g/mol. The first-order valence-corrected chi connectivity index (χ1v) is 12.2. The van der Waals surface area contributed by atoms with Gasteiger partial charge in [-0.2, -0.15) is 0 Å². The molecule has 0 radical (unpaired) electrons. The maximum atomic E-state index is 13.2. The monoisotopic (exact) mass is 510 g/mol. The third-order valence-electron chi connectivity index (χ3n) is 5.94. The van der Waals surface area contributed by atoms with Crippen molar-refractivity contribution in [1.29, 1.82) is 0 Å². The third kappa shape index (κ3) is 6.70. The Balaban J connectivity index is 1.40. The number of anilines is 1. The van der Waals surface area contributed by atoms with E-state index in [9.17, 15) is 9.59 Å². The fourth-order valence-electron chi connectivity index (χ4n) is 3.95. The van der Waals surface area contributed by atoms with E-state index in [1.807, 2.05) is 54.6 Å². The van der Waals surface area contributed by atoms with Gasteiger partial charge in [0.05, 0.1) is 31.0 Å². The molecule has 0 saturated carbocycles. The molecule has 38 heavy (non-hydrogen) atoms. The Labute approximate surface area is 222 Å². The Bertz CT molecular complexity index is 1390. The number of carbonyl (C=O) groups is 2. The van der Waals surface area contributed by atoms with Gasteiger partial charge in [0.1, 0.15) is 12.4 Å². The molecule has 0 aromatic heterocycles. The molecular weight excluding hydrogens is 480 g/mol. The van der Waals surface area contributed by atoms with Crippen molar-refractivity contribution in [3.8, 4) is 17.2 Å². The van der Waals surface area contributed by atoms with E-state index >= 15 is 0 Å². The maximum absolute atomic E-state index is 13.2. The van der Waals surface area contributed by atoms with Crippen LogP contribution >= 0.6 is 0 Å². The number of carbonyl (C=O) groups excluding carboxylic acids is 2. The normalized spacial score (nSPS) is 10.4. The lowest BCUT2D eigenvalue weighted by Gasteiger charge is -2.14. The third-order valence-corrected chi connectivity index (χ3v) is 5.94. The number of methoxy groups -OCH3 is 2. The quantitative estimate of drug-likeness (QED) is 0.278. The number of rotatable bonds is 11. The zero-order chi connectivity index (χ0) is 26.7. The molecular formula is C31H30N2O5. The van der Waals surface area contributed by atoms with Gasteiger partial charge in [0.2, 0.25) is 0 Å². The van der Waals surface area contributed by atoms with E-state index in [0.29, 0.717) is 53.6 Å². The smallest absolute Gasteiger partial charge is 0.259 e. The largest absolute Gasteiger partial charge is 0.493 e. The second-order valence-electron chi connectivity index (χ2n) is 8.47. The lowest BCUT2D eigenvalue weighted by molar-refractivity contribution is 0.0955. The molecule has 2 N–H and O–H groups in total. The van der Waals surface area contributed by atoms with Gasteiger partial charge in [0.15, 0.2) is 11.5 Å². The second kappa shape index (κ2) is 13.0. The molecule has 0 atom stereocenters. The van der Waals surface area contributed by atoms with Crippen LogP contribution in [0.2, 0.25) is 0 Å². The maximum Gasteiger partial charge on any atom is 0.259 e. The summed E-state index contributed by atoms with van der Waals surface area (Å²) in [5.74, 6) is 1.11. The van der Waals surface area contributed by atoms with Crippen molar-refractivity contribution in [1.82, 2.24) is 5.32 Å². The van der Waals surface area contributed by atoms with Crippen LogP contribution in [0.1, 0.15) is 31.8 Å². The molecule has 0 fully saturated rings. The topological polar surface area (TPSA) is 85.9 Å². The molecule has 0 aliphatic heterocycles. The predicted octanol–water partition coefficient (Wildman–Crippen LogP) is 5.51. The van der Waals surface area contributed by atoms with E-state index in [-0.39, 0.29) is 11.8 Å². The molecule has 0 spiro atoms. The summed E-state index contributed by atoms with van der Waals surface area (Å²) in [7, 11) is 3.17. The number of hydrogen-bond donors (Lipinski definition) is 2. The Morgan fingerprint density at radius 1 is 0.658 bits per heavy atom. The van der Waals surface area contributed by atoms with Crippen LogP contribution in [0.4, 0.5) is 5.69 Å². The first-order valence-electron chi connectivity index (χ1n) is 12.2. The number of para-hydroxylation sites is 2. The van der Waals surface area contributed by atoms with Gasteiger partial charge in [0.25, 0.3) is 11.8 Å². The van der Waals surface area contributed by atoms with Crippen LogP contribution in [0.3, 0.4) is 0 Å². The van der Waals surface area contributed by atoms with Crippen LogP contribution in [0.5, 0.6) is 17.2 Å². The zero-order valence-corrected chi connectivity index (χ0v) is 21.4. The van der Waals surface area contributed by atoms with Gasteiger partial charge in [-0.25, -0.2) is 0 Å². The molecule has 0 heterocycles. The van der Waals surface area contributed by atoms with Crippen molar-refractivity contribution in [2.75, 3.05) is 26.1 Å². The molecule has 2 amide bonds. The van der Waals surface area contributed by atoms with Crippen LogP contribution in [0, 0.1) is 0 Å². The SMILES string of the molecule is COc1ccc(CCNC(=O)c2ccccc2NC(=O)c2ccccc2OCc2ccccc2)cc1OC. The minimum absolute atomic E-state index is 0.282. The predicted molar refractivity (Wildman–Crippen MR) is 147 cm³/mol. The molecule has 4 rings (SSSR count). The molecule has 4 aromatic carbocycles. The summed E-state index contributed by atoms with van der Waals surface area (Å²) < 4.78 is 16.5. The van der Waals surface area contributed by atoms with Gasteiger partial charge in [-0.15, -0.1) is 0 Å². The Morgan fingerprint density at radius 3 is 2.11 bits per heavy atom.